The zero-order chi connectivity index (χ0) is 32.9. The van der Waals surface area contributed by atoms with Crippen LogP contribution in [-0.4, -0.2) is 65.6 Å². The van der Waals surface area contributed by atoms with E-state index in [1.807, 2.05) is 0 Å². The lowest BCUT2D eigenvalue weighted by Crippen LogP contribution is -2.36. The standard InChI is InChI=1S/C32H40N2O10/c1-10-40-27(35)19(5)42-29(37)24-17(3)33-18(4)25(30(38)43-20(6)28(36)41-11-2)26(24)22-16-34(31(39)44-32(7,8)9)23-15-13-12-14-21(22)23/h12-16,19-20,26,33H,10-11H2,1-9H3/t19-,20-/m0/s1. The first-order valence-corrected chi connectivity index (χ1v) is 14.4. The summed E-state index contributed by atoms with van der Waals surface area (Å²) >= 11 is 0. The highest BCUT2D eigenvalue weighted by Crippen LogP contribution is 2.43. The summed E-state index contributed by atoms with van der Waals surface area (Å²) in [6.45, 7) is 14.6. The molecule has 2 aromatic rings. The van der Waals surface area contributed by atoms with Gasteiger partial charge < -0.3 is 29.0 Å². The van der Waals surface area contributed by atoms with E-state index in [-0.39, 0.29) is 24.4 Å². The molecule has 1 aliphatic heterocycles. The Morgan fingerprint density at radius 1 is 0.841 bits per heavy atom. The lowest BCUT2D eigenvalue weighted by atomic mass is 9.80. The second-order valence-corrected chi connectivity index (χ2v) is 11.2. The number of carbonyl (C=O) groups is 5. The van der Waals surface area contributed by atoms with Crippen LogP contribution in [0.2, 0.25) is 0 Å². The monoisotopic (exact) mass is 612 g/mol. The first-order valence-electron chi connectivity index (χ1n) is 14.4. The minimum absolute atomic E-state index is 0.00502. The molecule has 0 bridgehead atoms. The quantitative estimate of drug-likeness (QED) is 0.312. The molecule has 2 heterocycles. The molecule has 1 N–H and O–H groups in total. The van der Waals surface area contributed by atoms with Gasteiger partial charge >= 0.3 is 30.0 Å². The van der Waals surface area contributed by atoms with Crippen molar-refractivity contribution in [1.29, 1.82) is 0 Å². The van der Waals surface area contributed by atoms with E-state index in [4.69, 9.17) is 23.7 Å². The fraction of sp³-hybridized carbons (Fsp3) is 0.469. The maximum Gasteiger partial charge on any atom is 0.419 e. The summed E-state index contributed by atoms with van der Waals surface area (Å²) in [6, 6.07) is 6.94. The molecule has 0 fully saturated rings. The first kappa shape index (κ1) is 33.9. The second-order valence-electron chi connectivity index (χ2n) is 11.2. The molecule has 1 aliphatic rings. The fourth-order valence-electron chi connectivity index (χ4n) is 4.81. The third-order valence-electron chi connectivity index (χ3n) is 6.65. The zero-order valence-corrected chi connectivity index (χ0v) is 26.6. The number of para-hydroxylation sites is 1. The number of benzene rings is 1. The summed E-state index contributed by atoms with van der Waals surface area (Å²) in [5, 5.41) is 3.57. The number of carbonyl (C=O) groups excluding carboxylic acids is 5. The normalized spacial score (nSPS) is 15.3. The van der Waals surface area contributed by atoms with Crippen LogP contribution >= 0.6 is 0 Å². The minimum atomic E-state index is -1.25. The van der Waals surface area contributed by atoms with Crippen LogP contribution < -0.4 is 5.32 Å². The van der Waals surface area contributed by atoms with E-state index in [9.17, 15) is 24.0 Å². The van der Waals surface area contributed by atoms with Gasteiger partial charge in [-0.25, -0.2) is 24.0 Å². The average Bonchev–Trinajstić information content (AvgIpc) is 3.31. The van der Waals surface area contributed by atoms with E-state index in [1.54, 1.807) is 72.7 Å². The molecule has 12 nitrogen and oxygen atoms in total. The lowest BCUT2D eigenvalue weighted by Gasteiger charge is -2.31. The molecular formula is C32H40N2O10. The molecule has 12 heteroatoms. The molecule has 2 atom stereocenters. The Bertz CT molecular complexity index is 1460. The molecular weight excluding hydrogens is 572 g/mol. The SMILES string of the molecule is CCOC(=O)[C@H](C)OC(=O)C1=C(C)NC(C)=C(C(=O)O[C@@H](C)C(=O)OCC)C1c1cn(C(=O)OC(C)(C)C)c2ccccc12. The van der Waals surface area contributed by atoms with Crippen molar-refractivity contribution in [3.05, 3.63) is 58.6 Å². The maximum atomic E-state index is 13.8. The smallest absolute Gasteiger partial charge is 0.419 e. The summed E-state index contributed by atoms with van der Waals surface area (Å²) in [6.07, 6.45) is -1.68. The number of aromatic nitrogens is 1. The van der Waals surface area contributed by atoms with Crippen molar-refractivity contribution in [2.45, 2.75) is 86.0 Å². The van der Waals surface area contributed by atoms with E-state index >= 15 is 0 Å². The Kier molecular flexibility index (Phi) is 10.6. The number of nitrogens with one attached hydrogen (secondary N) is 1. The topological polar surface area (TPSA) is 148 Å². The van der Waals surface area contributed by atoms with Gasteiger partial charge in [-0.15, -0.1) is 0 Å². The van der Waals surface area contributed by atoms with Crippen molar-refractivity contribution >= 4 is 40.9 Å². The van der Waals surface area contributed by atoms with Crippen molar-refractivity contribution in [3.63, 3.8) is 0 Å². The van der Waals surface area contributed by atoms with Crippen molar-refractivity contribution in [2.75, 3.05) is 13.2 Å². The van der Waals surface area contributed by atoms with Crippen molar-refractivity contribution in [2.24, 2.45) is 0 Å². The van der Waals surface area contributed by atoms with Crippen LogP contribution in [-0.2, 0) is 42.9 Å². The van der Waals surface area contributed by atoms with Crippen LogP contribution in [0.4, 0.5) is 4.79 Å². The number of ether oxygens (including phenoxy) is 5. The van der Waals surface area contributed by atoms with E-state index in [1.165, 1.54) is 24.6 Å². The molecule has 1 aromatic heterocycles. The van der Waals surface area contributed by atoms with Gasteiger partial charge in [-0.05, 0) is 73.9 Å². The molecule has 44 heavy (non-hydrogen) atoms. The lowest BCUT2D eigenvalue weighted by molar-refractivity contribution is -0.164. The Morgan fingerprint density at radius 3 is 1.77 bits per heavy atom. The second kappa shape index (κ2) is 13.8. The fourth-order valence-corrected chi connectivity index (χ4v) is 4.81. The number of hydrogen-bond donors (Lipinski definition) is 1. The third-order valence-corrected chi connectivity index (χ3v) is 6.65. The van der Waals surface area contributed by atoms with E-state index in [0.29, 0.717) is 27.9 Å². The number of esters is 4. The van der Waals surface area contributed by atoms with E-state index in [0.717, 1.165) is 0 Å². The van der Waals surface area contributed by atoms with Crippen LogP contribution in [0.15, 0.2) is 53.0 Å². The van der Waals surface area contributed by atoms with E-state index < -0.39 is 53.7 Å². The summed E-state index contributed by atoms with van der Waals surface area (Å²) in [4.78, 5) is 65.5. The van der Waals surface area contributed by atoms with Gasteiger partial charge in [0.1, 0.15) is 5.60 Å². The van der Waals surface area contributed by atoms with Gasteiger partial charge in [0.15, 0.2) is 12.2 Å². The molecule has 238 valence electrons. The molecule has 3 rings (SSSR count). The Morgan fingerprint density at radius 2 is 1.32 bits per heavy atom. The number of nitrogens with zero attached hydrogens (tertiary/aromatic N) is 1. The molecule has 0 amide bonds. The Balaban J connectivity index is 2.23. The predicted octanol–water partition coefficient (Wildman–Crippen LogP) is 4.65. The number of rotatable bonds is 9. The van der Waals surface area contributed by atoms with E-state index in [2.05, 4.69) is 5.32 Å². The van der Waals surface area contributed by atoms with Crippen LogP contribution in [0, 0.1) is 0 Å². The molecule has 0 spiro atoms. The molecule has 0 aliphatic carbocycles. The van der Waals surface area contributed by atoms with Crippen LogP contribution in [0.25, 0.3) is 10.9 Å². The van der Waals surface area contributed by atoms with Crippen LogP contribution in [0.1, 0.15) is 73.8 Å². The largest absolute Gasteiger partial charge is 0.463 e. The predicted molar refractivity (Wildman–Crippen MR) is 159 cm³/mol. The highest BCUT2D eigenvalue weighted by atomic mass is 16.6. The highest BCUT2D eigenvalue weighted by Gasteiger charge is 2.41. The summed E-state index contributed by atoms with van der Waals surface area (Å²) in [7, 11) is 0. The van der Waals surface area contributed by atoms with Gasteiger partial charge in [0.05, 0.1) is 35.8 Å². The molecule has 0 saturated carbocycles. The van der Waals surface area contributed by atoms with Crippen molar-refractivity contribution in [3.8, 4) is 0 Å². The number of dihydropyridines is 1. The molecule has 0 radical (unpaired) electrons. The van der Waals surface area contributed by atoms with Crippen LogP contribution in [0.3, 0.4) is 0 Å². The van der Waals surface area contributed by atoms with Gasteiger partial charge in [-0.3, -0.25) is 4.57 Å². The zero-order valence-electron chi connectivity index (χ0n) is 26.6. The van der Waals surface area contributed by atoms with Crippen molar-refractivity contribution < 1.29 is 47.7 Å². The molecule has 0 unspecified atom stereocenters. The Labute approximate surface area is 256 Å². The third kappa shape index (κ3) is 7.47. The van der Waals surface area contributed by atoms with Gasteiger partial charge in [-0.2, -0.15) is 0 Å². The summed E-state index contributed by atoms with van der Waals surface area (Å²) < 4.78 is 27.9. The number of allylic oxidation sites excluding steroid dienone is 2. The number of hydrogen-bond acceptors (Lipinski definition) is 11. The maximum absolute atomic E-state index is 13.8. The van der Waals surface area contributed by atoms with Gasteiger partial charge in [-0.1, -0.05) is 18.2 Å². The van der Waals surface area contributed by atoms with Gasteiger partial charge in [0.25, 0.3) is 0 Å². The van der Waals surface area contributed by atoms with Crippen molar-refractivity contribution in [1.82, 2.24) is 9.88 Å². The summed E-state index contributed by atoms with van der Waals surface area (Å²) in [5.41, 5.74) is 0.726. The minimum Gasteiger partial charge on any atom is -0.463 e. The molecule has 0 saturated heterocycles. The summed E-state index contributed by atoms with van der Waals surface area (Å²) in [5.74, 6) is -4.42. The highest BCUT2D eigenvalue weighted by molar-refractivity contribution is 6.03. The van der Waals surface area contributed by atoms with Gasteiger partial charge in [0.2, 0.25) is 0 Å². The average molecular weight is 613 g/mol. The van der Waals surface area contributed by atoms with Crippen LogP contribution in [0.5, 0.6) is 0 Å². The molecule has 1 aromatic carbocycles. The first-order chi connectivity index (χ1) is 20.6. The number of fused-ring (bicyclic) bond motifs is 1. The Hall–Kier alpha value is -4.61. The van der Waals surface area contributed by atoms with Gasteiger partial charge in [0, 0.05) is 23.0 Å².